The lowest BCUT2D eigenvalue weighted by molar-refractivity contribution is -0.384. The second-order valence-corrected chi connectivity index (χ2v) is 7.53. The second-order valence-electron chi connectivity index (χ2n) is 7.53. The number of aryl methyl sites for hydroxylation is 2. The van der Waals surface area contributed by atoms with Gasteiger partial charge in [-0.15, -0.1) is 0 Å². The van der Waals surface area contributed by atoms with Crippen molar-refractivity contribution in [1.29, 1.82) is 0 Å². The van der Waals surface area contributed by atoms with Crippen LogP contribution in [-0.2, 0) is 16.1 Å². The van der Waals surface area contributed by atoms with Crippen LogP contribution in [0, 0.1) is 24.0 Å². The fourth-order valence-electron chi connectivity index (χ4n) is 3.49. The lowest BCUT2D eigenvalue weighted by Crippen LogP contribution is -2.32. The van der Waals surface area contributed by atoms with Gasteiger partial charge in [-0.2, -0.15) is 0 Å². The minimum absolute atomic E-state index is 0.0920. The highest BCUT2D eigenvalue weighted by atomic mass is 16.6. The number of imide groups is 1. The van der Waals surface area contributed by atoms with Crippen molar-refractivity contribution < 1.29 is 14.5 Å². The van der Waals surface area contributed by atoms with Gasteiger partial charge in [-0.1, -0.05) is 6.07 Å². The third-order valence-electron chi connectivity index (χ3n) is 5.40. The van der Waals surface area contributed by atoms with Crippen LogP contribution in [0.5, 0.6) is 0 Å². The lowest BCUT2D eigenvalue weighted by atomic mass is 10.0. The summed E-state index contributed by atoms with van der Waals surface area (Å²) in [6.45, 7) is 4.04. The Labute approximate surface area is 184 Å². The van der Waals surface area contributed by atoms with Crippen molar-refractivity contribution in [1.82, 2.24) is 9.88 Å². The van der Waals surface area contributed by atoms with Gasteiger partial charge in [0, 0.05) is 30.2 Å². The molecule has 32 heavy (non-hydrogen) atoms. The maximum atomic E-state index is 13.3. The minimum Gasteiger partial charge on any atom is -0.350 e. The maximum Gasteiger partial charge on any atom is 0.278 e. The van der Waals surface area contributed by atoms with Crippen LogP contribution in [-0.4, -0.2) is 26.6 Å². The van der Waals surface area contributed by atoms with E-state index in [4.69, 9.17) is 0 Å². The highest BCUT2D eigenvalue weighted by Crippen LogP contribution is 2.32. The molecule has 0 aliphatic carbocycles. The minimum atomic E-state index is -0.510. The third kappa shape index (κ3) is 3.98. The van der Waals surface area contributed by atoms with Crippen molar-refractivity contribution in [3.8, 4) is 0 Å². The summed E-state index contributed by atoms with van der Waals surface area (Å²) in [5.41, 5.74) is 4.23. The number of carbonyl (C=O) groups is 2. The summed E-state index contributed by atoms with van der Waals surface area (Å²) in [4.78, 5) is 42.2. The van der Waals surface area contributed by atoms with Gasteiger partial charge in [0.2, 0.25) is 0 Å². The van der Waals surface area contributed by atoms with Gasteiger partial charge in [-0.25, -0.2) is 0 Å². The molecule has 1 N–H and O–H groups in total. The van der Waals surface area contributed by atoms with Gasteiger partial charge in [0.05, 0.1) is 17.0 Å². The number of pyridine rings is 1. The number of nitro groups is 1. The van der Waals surface area contributed by atoms with E-state index in [0.717, 1.165) is 21.6 Å². The molecular weight excluding hydrogens is 408 g/mol. The number of hydrogen-bond acceptors (Lipinski definition) is 6. The van der Waals surface area contributed by atoms with E-state index in [9.17, 15) is 19.7 Å². The molecule has 2 aromatic carbocycles. The molecule has 0 unspecified atom stereocenters. The third-order valence-corrected chi connectivity index (χ3v) is 5.40. The molecule has 1 aliphatic heterocycles. The summed E-state index contributed by atoms with van der Waals surface area (Å²) in [6.07, 6.45) is 3.19. The number of non-ortho nitro benzene ring substituents is 1. The fourth-order valence-corrected chi connectivity index (χ4v) is 3.49. The molecule has 0 fully saturated rings. The molecule has 160 valence electrons. The average Bonchev–Trinajstić information content (AvgIpc) is 3.01. The largest absolute Gasteiger partial charge is 0.350 e. The quantitative estimate of drug-likeness (QED) is 0.361. The first-order valence-electron chi connectivity index (χ1n) is 9.93. The Balaban J connectivity index is 1.76. The molecule has 8 nitrogen and oxygen atoms in total. The summed E-state index contributed by atoms with van der Waals surface area (Å²) < 4.78 is 0. The average molecular weight is 428 g/mol. The topological polar surface area (TPSA) is 105 Å². The smallest absolute Gasteiger partial charge is 0.278 e. The van der Waals surface area contributed by atoms with E-state index in [0.29, 0.717) is 11.3 Å². The Kier molecular flexibility index (Phi) is 5.51. The van der Waals surface area contributed by atoms with E-state index in [1.54, 1.807) is 24.5 Å². The number of hydrogen-bond donors (Lipinski definition) is 1. The van der Waals surface area contributed by atoms with E-state index in [1.165, 1.54) is 24.3 Å². The molecule has 3 aromatic rings. The van der Waals surface area contributed by atoms with Crippen LogP contribution < -0.4 is 5.32 Å². The Morgan fingerprint density at radius 1 is 0.938 bits per heavy atom. The molecule has 0 saturated carbocycles. The Morgan fingerprint density at radius 2 is 1.62 bits per heavy atom. The van der Waals surface area contributed by atoms with Gasteiger partial charge in [0.1, 0.15) is 5.70 Å². The molecule has 0 atom stereocenters. The predicted molar refractivity (Wildman–Crippen MR) is 119 cm³/mol. The van der Waals surface area contributed by atoms with Crippen molar-refractivity contribution in [2.45, 2.75) is 20.4 Å². The zero-order valence-corrected chi connectivity index (χ0v) is 17.5. The van der Waals surface area contributed by atoms with Crippen molar-refractivity contribution in [3.63, 3.8) is 0 Å². The molecule has 0 saturated heterocycles. The summed E-state index contributed by atoms with van der Waals surface area (Å²) >= 11 is 0. The number of aromatic nitrogens is 1. The summed E-state index contributed by atoms with van der Waals surface area (Å²) in [7, 11) is 0. The lowest BCUT2D eigenvalue weighted by Gasteiger charge is -2.15. The number of nitro benzene ring substituents is 1. The molecule has 2 heterocycles. The second kappa shape index (κ2) is 8.43. The predicted octanol–water partition coefficient (Wildman–Crippen LogP) is 4.00. The van der Waals surface area contributed by atoms with E-state index in [2.05, 4.69) is 10.3 Å². The fraction of sp³-hybridized carbons (Fsp3) is 0.125. The highest BCUT2D eigenvalue weighted by molar-refractivity contribution is 6.36. The maximum absolute atomic E-state index is 13.3. The summed E-state index contributed by atoms with van der Waals surface area (Å²) in [6, 6.07) is 14.7. The van der Waals surface area contributed by atoms with E-state index < -0.39 is 16.7 Å². The molecule has 4 rings (SSSR count). The van der Waals surface area contributed by atoms with E-state index >= 15 is 0 Å². The van der Waals surface area contributed by atoms with Crippen molar-refractivity contribution >= 4 is 28.8 Å². The molecule has 8 heteroatoms. The molecule has 2 amide bonds. The first kappa shape index (κ1) is 20.9. The number of amides is 2. The summed E-state index contributed by atoms with van der Waals surface area (Å²) in [5.74, 6) is -0.926. The standard InChI is InChI=1S/C24H20N4O4/c1-15-3-6-19(13-16(15)2)26-22-21(18-4-7-20(8-5-18)28(31)32)23(29)27(24(22)30)14-17-9-11-25-12-10-17/h3-13,26H,14H2,1-2H3. The molecule has 1 aromatic heterocycles. The highest BCUT2D eigenvalue weighted by Gasteiger charge is 2.39. The number of rotatable bonds is 6. The molecule has 1 aliphatic rings. The van der Waals surface area contributed by atoms with Gasteiger partial charge in [-0.05, 0) is 72.5 Å². The van der Waals surface area contributed by atoms with Crippen LogP contribution in [0.1, 0.15) is 22.3 Å². The van der Waals surface area contributed by atoms with Crippen LogP contribution in [0.4, 0.5) is 11.4 Å². The van der Waals surface area contributed by atoms with Crippen LogP contribution in [0.15, 0.2) is 72.7 Å². The Morgan fingerprint density at radius 3 is 2.25 bits per heavy atom. The zero-order chi connectivity index (χ0) is 22.8. The normalized spacial score (nSPS) is 13.6. The Hall–Kier alpha value is -4.33. The van der Waals surface area contributed by atoms with Gasteiger partial charge < -0.3 is 5.32 Å². The molecule has 0 radical (unpaired) electrons. The van der Waals surface area contributed by atoms with E-state index in [1.807, 2.05) is 32.0 Å². The van der Waals surface area contributed by atoms with Gasteiger partial charge in [0.15, 0.2) is 0 Å². The number of anilines is 1. The monoisotopic (exact) mass is 428 g/mol. The Bertz CT molecular complexity index is 1250. The molecule has 0 spiro atoms. The first-order valence-corrected chi connectivity index (χ1v) is 9.93. The number of benzene rings is 2. The number of nitrogens with one attached hydrogen (secondary N) is 1. The van der Waals surface area contributed by atoms with Gasteiger partial charge in [-0.3, -0.25) is 29.6 Å². The number of carbonyl (C=O) groups excluding carboxylic acids is 2. The van der Waals surface area contributed by atoms with Crippen molar-refractivity contribution in [3.05, 3.63) is 105 Å². The number of nitrogens with zero attached hydrogens (tertiary/aromatic N) is 3. The van der Waals surface area contributed by atoms with E-state index in [-0.39, 0.29) is 23.5 Å². The van der Waals surface area contributed by atoms with Crippen LogP contribution in [0.25, 0.3) is 5.57 Å². The summed E-state index contributed by atoms with van der Waals surface area (Å²) in [5, 5.41) is 14.1. The van der Waals surface area contributed by atoms with Gasteiger partial charge in [0.25, 0.3) is 17.5 Å². The van der Waals surface area contributed by atoms with Crippen LogP contribution >= 0.6 is 0 Å². The van der Waals surface area contributed by atoms with Crippen LogP contribution in [0.3, 0.4) is 0 Å². The van der Waals surface area contributed by atoms with Crippen LogP contribution in [0.2, 0.25) is 0 Å². The first-order chi connectivity index (χ1) is 15.3. The molecular formula is C24H20N4O4. The zero-order valence-electron chi connectivity index (χ0n) is 17.5. The SMILES string of the molecule is Cc1ccc(NC2=C(c3ccc([N+](=O)[O-])cc3)C(=O)N(Cc3ccncc3)C2=O)cc1C. The van der Waals surface area contributed by atoms with Crippen molar-refractivity contribution in [2.75, 3.05) is 5.32 Å². The van der Waals surface area contributed by atoms with Gasteiger partial charge >= 0.3 is 0 Å². The van der Waals surface area contributed by atoms with Crippen molar-refractivity contribution in [2.24, 2.45) is 0 Å². The molecule has 0 bridgehead atoms.